The molecule has 24 heavy (non-hydrogen) atoms. The second-order valence-corrected chi connectivity index (χ2v) is 6.46. The Morgan fingerprint density at radius 3 is 2.29 bits per heavy atom. The normalized spacial score (nSPS) is 13.3. The van der Waals surface area contributed by atoms with E-state index >= 15 is 0 Å². The highest BCUT2D eigenvalue weighted by molar-refractivity contribution is 5.93. The largest absolute Gasteiger partial charge is 0.507 e. The number of halogens is 3. The van der Waals surface area contributed by atoms with E-state index in [9.17, 15) is 28.2 Å². The number of carboxylic acids is 1. The van der Waals surface area contributed by atoms with Crippen LogP contribution in [0.25, 0.3) is 10.8 Å². The van der Waals surface area contributed by atoms with Gasteiger partial charge in [-0.25, -0.2) is 18.0 Å². The molecule has 1 unspecified atom stereocenters. The minimum atomic E-state index is -1.70. The van der Waals surface area contributed by atoms with Crippen LogP contribution in [0.5, 0.6) is 5.75 Å². The van der Waals surface area contributed by atoms with Crippen LogP contribution in [0.4, 0.5) is 13.2 Å². The minimum Gasteiger partial charge on any atom is -0.507 e. The van der Waals surface area contributed by atoms with Gasteiger partial charge in [-0.3, -0.25) is 0 Å². The average Bonchev–Trinajstić information content (AvgIpc) is 2.42. The molecular formula is C17H17F3O4. The molecule has 0 aliphatic carbocycles. The van der Waals surface area contributed by atoms with E-state index in [0.717, 1.165) is 6.07 Å². The summed E-state index contributed by atoms with van der Waals surface area (Å²) in [5.74, 6) is -5.46. The first-order valence-electron chi connectivity index (χ1n) is 7.14. The fourth-order valence-electron chi connectivity index (χ4n) is 2.52. The van der Waals surface area contributed by atoms with Crippen LogP contribution in [0, 0.1) is 24.4 Å². The molecule has 0 fully saturated rings. The van der Waals surface area contributed by atoms with Crippen molar-refractivity contribution in [3.8, 4) is 5.75 Å². The van der Waals surface area contributed by atoms with Crippen LogP contribution in [0.2, 0.25) is 0 Å². The zero-order chi connectivity index (χ0) is 18.4. The highest BCUT2D eigenvalue weighted by atomic mass is 19.1. The Balaban J connectivity index is 2.86. The summed E-state index contributed by atoms with van der Waals surface area (Å²) in [5, 5.41) is 18.7. The second kappa shape index (κ2) is 5.98. The lowest BCUT2D eigenvalue weighted by molar-refractivity contribution is -0.160. The highest BCUT2D eigenvalue weighted by Gasteiger charge is 2.33. The third-order valence-electron chi connectivity index (χ3n) is 3.48. The highest BCUT2D eigenvalue weighted by Crippen LogP contribution is 2.41. The lowest BCUT2D eigenvalue weighted by Crippen LogP contribution is -2.28. The van der Waals surface area contributed by atoms with Gasteiger partial charge in [0, 0.05) is 17.0 Å². The van der Waals surface area contributed by atoms with Crippen molar-refractivity contribution >= 4 is 16.7 Å². The maximum atomic E-state index is 14.6. The molecule has 0 aliphatic heterocycles. The molecule has 1 atom stereocenters. The smallest absolute Gasteiger partial charge is 0.337 e. The lowest BCUT2D eigenvalue weighted by Gasteiger charge is -2.27. The zero-order valence-corrected chi connectivity index (χ0v) is 13.6. The number of rotatable bonds is 3. The Bertz CT molecular complexity index is 825. The number of aromatic hydroxyl groups is 1. The Morgan fingerprint density at radius 1 is 1.21 bits per heavy atom. The van der Waals surface area contributed by atoms with E-state index in [-0.39, 0.29) is 11.1 Å². The molecule has 130 valence electrons. The number of benzene rings is 2. The van der Waals surface area contributed by atoms with Gasteiger partial charge in [-0.05, 0) is 39.3 Å². The van der Waals surface area contributed by atoms with Gasteiger partial charge in [0.25, 0.3) is 0 Å². The van der Waals surface area contributed by atoms with Gasteiger partial charge in [-0.15, -0.1) is 0 Å². The number of phenols is 1. The number of ether oxygens (including phenoxy) is 1. The topological polar surface area (TPSA) is 66.8 Å². The number of aliphatic carboxylic acids is 1. The predicted molar refractivity (Wildman–Crippen MR) is 81.4 cm³/mol. The van der Waals surface area contributed by atoms with Crippen molar-refractivity contribution in [1.82, 2.24) is 0 Å². The van der Waals surface area contributed by atoms with Gasteiger partial charge < -0.3 is 14.9 Å². The maximum Gasteiger partial charge on any atom is 0.337 e. The number of fused-ring (bicyclic) bond motifs is 1. The summed E-state index contributed by atoms with van der Waals surface area (Å²) in [5.41, 5.74) is -1.56. The number of carbonyl (C=O) groups is 1. The summed E-state index contributed by atoms with van der Waals surface area (Å²) in [6, 6.07) is 1.24. The molecule has 0 heterocycles. The molecule has 0 saturated carbocycles. The van der Waals surface area contributed by atoms with Crippen molar-refractivity contribution < 1.29 is 32.9 Å². The molecule has 0 saturated heterocycles. The van der Waals surface area contributed by atoms with Crippen molar-refractivity contribution in [3.63, 3.8) is 0 Å². The molecule has 0 aliphatic rings. The minimum absolute atomic E-state index is 0.276. The van der Waals surface area contributed by atoms with Gasteiger partial charge in [0.05, 0.1) is 11.0 Å². The number of hydrogen-bond donors (Lipinski definition) is 2. The number of hydrogen-bond acceptors (Lipinski definition) is 3. The second-order valence-electron chi connectivity index (χ2n) is 6.46. The molecule has 0 bridgehead atoms. The Kier molecular flexibility index (Phi) is 4.50. The average molecular weight is 342 g/mol. The third kappa shape index (κ3) is 3.17. The van der Waals surface area contributed by atoms with Gasteiger partial charge in [0.2, 0.25) is 0 Å². The van der Waals surface area contributed by atoms with Crippen LogP contribution in [0.3, 0.4) is 0 Å². The Morgan fingerprint density at radius 2 is 1.79 bits per heavy atom. The van der Waals surface area contributed by atoms with Crippen LogP contribution < -0.4 is 0 Å². The molecule has 4 nitrogen and oxygen atoms in total. The van der Waals surface area contributed by atoms with E-state index in [1.165, 1.54) is 6.92 Å². The third-order valence-corrected chi connectivity index (χ3v) is 3.48. The monoisotopic (exact) mass is 342 g/mol. The molecule has 2 rings (SSSR count). The van der Waals surface area contributed by atoms with Crippen LogP contribution in [0.15, 0.2) is 12.1 Å². The van der Waals surface area contributed by atoms with Crippen LogP contribution in [-0.4, -0.2) is 21.8 Å². The molecule has 2 N–H and O–H groups in total. The molecule has 2 aromatic carbocycles. The van der Waals surface area contributed by atoms with Gasteiger partial charge >= 0.3 is 5.97 Å². The van der Waals surface area contributed by atoms with Crippen molar-refractivity contribution in [2.24, 2.45) is 0 Å². The molecule has 7 heteroatoms. The van der Waals surface area contributed by atoms with Gasteiger partial charge in [0.1, 0.15) is 23.2 Å². The Labute approximate surface area is 136 Å². The van der Waals surface area contributed by atoms with E-state index < -0.39 is 51.6 Å². The lowest BCUT2D eigenvalue weighted by atomic mass is 9.94. The molecule has 0 aromatic heterocycles. The molecule has 0 amide bonds. The molecule has 0 spiro atoms. The maximum absolute atomic E-state index is 14.6. The SMILES string of the molecule is Cc1c(C(OC(C)(C)C)C(=O)O)c(O)c2cc(F)cc(F)c2c1F. The quantitative estimate of drug-likeness (QED) is 0.877. The van der Waals surface area contributed by atoms with Gasteiger partial charge in [0.15, 0.2) is 6.10 Å². The van der Waals surface area contributed by atoms with E-state index in [1.54, 1.807) is 20.8 Å². The van der Waals surface area contributed by atoms with E-state index in [0.29, 0.717) is 6.07 Å². The first-order chi connectivity index (χ1) is 10.9. The van der Waals surface area contributed by atoms with Gasteiger partial charge in [-0.2, -0.15) is 0 Å². The first-order valence-corrected chi connectivity index (χ1v) is 7.14. The fraction of sp³-hybridized carbons (Fsp3) is 0.353. The van der Waals surface area contributed by atoms with E-state index in [2.05, 4.69) is 0 Å². The molecule has 2 aromatic rings. The van der Waals surface area contributed by atoms with Crippen LogP contribution in [0.1, 0.15) is 38.0 Å². The van der Waals surface area contributed by atoms with E-state index in [4.69, 9.17) is 4.74 Å². The van der Waals surface area contributed by atoms with Crippen molar-refractivity contribution in [2.45, 2.75) is 39.4 Å². The van der Waals surface area contributed by atoms with Crippen molar-refractivity contribution in [1.29, 1.82) is 0 Å². The summed E-state index contributed by atoms with van der Waals surface area (Å²) in [6.45, 7) is 5.97. The summed E-state index contributed by atoms with van der Waals surface area (Å²) in [4.78, 5) is 11.6. The predicted octanol–water partition coefficient (Wildman–Crippen LogP) is 4.21. The van der Waals surface area contributed by atoms with Crippen LogP contribution in [-0.2, 0) is 9.53 Å². The fourth-order valence-corrected chi connectivity index (χ4v) is 2.52. The van der Waals surface area contributed by atoms with Crippen molar-refractivity contribution in [3.05, 3.63) is 40.7 Å². The van der Waals surface area contributed by atoms with Crippen molar-refractivity contribution in [2.75, 3.05) is 0 Å². The standard InChI is InChI=1S/C17H17F3O4/c1-7-11(15(16(22)23)24-17(2,3)4)14(21)9-5-8(18)6-10(19)12(9)13(7)20/h5-6,15,21H,1-4H3,(H,22,23). The summed E-state index contributed by atoms with van der Waals surface area (Å²) >= 11 is 0. The first kappa shape index (κ1) is 18.1. The van der Waals surface area contributed by atoms with Gasteiger partial charge in [-0.1, -0.05) is 0 Å². The Hall–Kier alpha value is -2.28. The summed E-state index contributed by atoms with van der Waals surface area (Å²) < 4.78 is 47.3. The van der Waals surface area contributed by atoms with Crippen LogP contribution >= 0.6 is 0 Å². The zero-order valence-electron chi connectivity index (χ0n) is 13.6. The molecule has 0 radical (unpaired) electrons. The number of phenolic OH excluding ortho intramolecular Hbond substituents is 1. The molecular weight excluding hydrogens is 325 g/mol. The summed E-state index contributed by atoms with van der Waals surface area (Å²) in [6.07, 6.45) is -1.70. The van der Waals surface area contributed by atoms with E-state index in [1.807, 2.05) is 0 Å². The summed E-state index contributed by atoms with van der Waals surface area (Å²) in [7, 11) is 0. The number of carboxylic acid groups (broad SMARTS) is 1.